The van der Waals surface area contributed by atoms with Crippen LogP contribution in [0.25, 0.3) is 0 Å². The Morgan fingerprint density at radius 3 is 2.54 bits per heavy atom. The minimum absolute atomic E-state index is 0.0935. The maximum atomic E-state index is 13.3. The van der Waals surface area contributed by atoms with Crippen molar-refractivity contribution in [3.8, 4) is 0 Å². The maximum Gasteiger partial charge on any atom is 0.354 e. The molecule has 0 saturated carbocycles. The summed E-state index contributed by atoms with van der Waals surface area (Å²) in [6, 6.07) is 14.6. The molecule has 1 saturated heterocycles. The summed E-state index contributed by atoms with van der Waals surface area (Å²) < 4.78 is 5.63. The van der Waals surface area contributed by atoms with Crippen molar-refractivity contribution in [3.63, 3.8) is 0 Å². The molecule has 2 heterocycles. The molecule has 0 radical (unpaired) electrons. The standard InChI is InChI=1S/C22H22N2O4/c1-3-23-20(26)17-6-4-5-7-18(17)24-19(25)12-13-22(23,24)21(27)28-14-16-10-8-15(2)9-11-16/h4-11H,3,12-14H2,1-2H3/t22-/m0/s1. The van der Waals surface area contributed by atoms with Gasteiger partial charge in [0.15, 0.2) is 0 Å². The Balaban J connectivity index is 1.72. The summed E-state index contributed by atoms with van der Waals surface area (Å²) in [5.41, 5.74) is 1.47. The number of ether oxygens (including phenoxy) is 1. The summed E-state index contributed by atoms with van der Waals surface area (Å²) in [5, 5.41) is 0. The average Bonchev–Trinajstić information content (AvgIpc) is 3.06. The van der Waals surface area contributed by atoms with E-state index in [0.29, 0.717) is 17.8 Å². The third-order valence-electron chi connectivity index (χ3n) is 5.51. The molecule has 0 aliphatic carbocycles. The Hall–Kier alpha value is -3.15. The van der Waals surface area contributed by atoms with Gasteiger partial charge in [0.2, 0.25) is 11.6 Å². The zero-order valence-electron chi connectivity index (χ0n) is 16.0. The van der Waals surface area contributed by atoms with Crippen molar-refractivity contribution in [1.29, 1.82) is 0 Å². The molecule has 2 aromatic rings. The summed E-state index contributed by atoms with van der Waals surface area (Å²) in [7, 11) is 0. The second kappa shape index (κ2) is 6.78. The summed E-state index contributed by atoms with van der Waals surface area (Å²) in [6.07, 6.45) is 0.421. The SMILES string of the molecule is CCN1C(=O)c2ccccc2N2C(=O)CC[C@]12C(=O)OCc1ccc(C)cc1. The van der Waals surface area contributed by atoms with Crippen LogP contribution in [-0.4, -0.2) is 34.9 Å². The van der Waals surface area contributed by atoms with Crippen LogP contribution >= 0.6 is 0 Å². The quantitative estimate of drug-likeness (QED) is 0.767. The molecule has 1 atom stereocenters. The Bertz CT molecular complexity index is 953. The second-order valence-electron chi connectivity index (χ2n) is 7.17. The zero-order valence-corrected chi connectivity index (χ0v) is 16.0. The molecule has 6 heteroatoms. The number of hydrogen-bond donors (Lipinski definition) is 0. The summed E-state index contributed by atoms with van der Waals surface area (Å²) in [5.74, 6) is -0.995. The van der Waals surface area contributed by atoms with Crippen molar-refractivity contribution in [2.45, 2.75) is 39.0 Å². The fourth-order valence-electron chi connectivity index (χ4n) is 4.12. The second-order valence-corrected chi connectivity index (χ2v) is 7.17. The summed E-state index contributed by atoms with van der Waals surface area (Å²) in [4.78, 5) is 42.1. The smallest absolute Gasteiger partial charge is 0.354 e. The first-order valence-corrected chi connectivity index (χ1v) is 9.46. The lowest BCUT2D eigenvalue weighted by atomic mass is 9.96. The van der Waals surface area contributed by atoms with Crippen molar-refractivity contribution < 1.29 is 19.1 Å². The van der Waals surface area contributed by atoms with E-state index >= 15 is 0 Å². The molecule has 2 amide bonds. The molecule has 4 rings (SSSR count). The van der Waals surface area contributed by atoms with E-state index < -0.39 is 11.6 Å². The number of para-hydroxylation sites is 1. The molecule has 0 unspecified atom stereocenters. The van der Waals surface area contributed by atoms with Gasteiger partial charge in [0.1, 0.15) is 6.61 Å². The molecule has 1 fully saturated rings. The van der Waals surface area contributed by atoms with Gasteiger partial charge in [-0.15, -0.1) is 0 Å². The first kappa shape index (κ1) is 18.2. The average molecular weight is 378 g/mol. The number of aryl methyl sites for hydroxylation is 1. The van der Waals surface area contributed by atoms with Crippen molar-refractivity contribution in [2.24, 2.45) is 0 Å². The van der Waals surface area contributed by atoms with Crippen LogP contribution in [0.2, 0.25) is 0 Å². The van der Waals surface area contributed by atoms with Crippen molar-refractivity contribution in [2.75, 3.05) is 11.4 Å². The molecule has 0 aromatic heterocycles. The minimum Gasteiger partial charge on any atom is -0.458 e. The monoisotopic (exact) mass is 378 g/mol. The third-order valence-corrected chi connectivity index (χ3v) is 5.51. The highest BCUT2D eigenvalue weighted by Crippen LogP contribution is 2.45. The van der Waals surface area contributed by atoms with Gasteiger partial charge in [-0.2, -0.15) is 0 Å². The van der Waals surface area contributed by atoms with Gasteiger partial charge >= 0.3 is 5.97 Å². The Kier molecular flexibility index (Phi) is 4.41. The molecule has 0 bridgehead atoms. The number of benzene rings is 2. The highest BCUT2D eigenvalue weighted by molar-refractivity contribution is 6.15. The van der Waals surface area contributed by atoms with Crippen LogP contribution in [0.4, 0.5) is 5.69 Å². The van der Waals surface area contributed by atoms with Gasteiger partial charge in [0, 0.05) is 19.4 Å². The largest absolute Gasteiger partial charge is 0.458 e. The van der Waals surface area contributed by atoms with Crippen LogP contribution in [0, 0.1) is 6.92 Å². The van der Waals surface area contributed by atoms with Gasteiger partial charge in [-0.05, 0) is 31.5 Å². The van der Waals surface area contributed by atoms with E-state index in [1.54, 1.807) is 24.3 Å². The number of anilines is 1. The van der Waals surface area contributed by atoms with E-state index in [-0.39, 0.29) is 31.3 Å². The number of carbonyl (C=O) groups excluding carboxylic acids is 3. The summed E-state index contributed by atoms with van der Waals surface area (Å²) >= 11 is 0. The fourth-order valence-corrected chi connectivity index (χ4v) is 4.12. The molecule has 0 spiro atoms. The minimum atomic E-state index is -1.41. The van der Waals surface area contributed by atoms with Crippen LogP contribution in [-0.2, 0) is 20.9 Å². The number of fused-ring (bicyclic) bond motifs is 3. The van der Waals surface area contributed by atoms with Gasteiger partial charge in [-0.3, -0.25) is 14.5 Å². The van der Waals surface area contributed by atoms with Crippen molar-refractivity contribution >= 4 is 23.5 Å². The van der Waals surface area contributed by atoms with E-state index in [1.165, 1.54) is 9.80 Å². The van der Waals surface area contributed by atoms with E-state index in [9.17, 15) is 14.4 Å². The highest BCUT2D eigenvalue weighted by Gasteiger charge is 2.61. The van der Waals surface area contributed by atoms with Crippen molar-refractivity contribution in [1.82, 2.24) is 4.90 Å². The number of nitrogens with zero attached hydrogens (tertiary/aromatic N) is 2. The highest BCUT2D eigenvalue weighted by atomic mass is 16.5. The molecular weight excluding hydrogens is 356 g/mol. The lowest BCUT2D eigenvalue weighted by Gasteiger charge is -2.48. The zero-order chi connectivity index (χ0) is 19.9. The normalized spacial score (nSPS) is 20.8. The Morgan fingerprint density at radius 2 is 1.82 bits per heavy atom. The van der Waals surface area contributed by atoms with Gasteiger partial charge in [0.25, 0.3) is 5.91 Å². The van der Waals surface area contributed by atoms with Crippen LogP contribution in [0.15, 0.2) is 48.5 Å². The lowest BCUT2D eigenvalue weighted by Crippen LogP contribution is -2.68. The number of rotatable bonds is 4. The fraction of sp³-hybridized carbons (Fsp3) is 0.318. The summed E-state index contributed by atoms with van der Waals surface area (Å²) in [6.45, 7) is 4.19. The Morgan fingerprint density at radius 1 is 1.11 bits per heavy atom. The first-order valence-electron chi connectivity index (χ1n) is 9.46. The van der Waals surface area contributed by atoms with Gasteiger partial charge in [-0.25, -0.2) is 4.79 Å². The van der Waals surface area contributed by atoms with Gasteiger partial charge in [0.05, 0.1) is 11.3 Å². The number of hydrogen-bond acceptors (Lipinski definition) is 4. The maximum absolute atomic E-state index is 13.3. The number of likely N-dealkylation sites (N-methyl/N-ethyl adjacent to an activating group) is 1. The lowest BCUT2D eigenvalue weighted by molar-refractivity contribution is -0.158. The number of esters is 1. The predicted molar refractivity (Wildman–Crippen MR) is 104 cm³/mol. The molecule has 2 aromatic carbocycles. The number of amides is 2. The van der Waals surface area contributed by atoms with Crippen LogP contribution in [0.5, 0.6) is 0 Å². The van der Waals surface area contributed by atoms with Crippen LogP contribution < -0.4 is 4.90 Å². The molecular formula is C22H22N2O4. The van der Waals surface area contributed by atoms with Crippen molar-refractivity contribution in [3.05, 3.63) is 65.2 Å². The molecule has 0 N–H and O–H groups in total. The van der Waals surface area contributed by atoms with E-state index in [0.717, 1.165) is 11.1 Å². The predicted octanol–water partition coefficient (Wildman–Crippen LogP) is 3.04. The Labute approximate surface area is 163 Å². The van der Waals surface area contributed by atoms with E-state index in [1.807, 2.05) is 38.1 Å². The molecule has 144 valence electrons. The van der Waals surface area contributed by atoms with E-state index in [2.05, 4.69) is 0 Å². The topological polar surface area (TPSA) is 66.9 Å². The molecule has 2 aliphatic rings. The third kappa shape index (κ3) is 2.59. The van der Waals surface area contributed by atoms with Crippen LogP contribution in [0.3, 0.4) is 0 Å². The van der Waals surface area contributed by atoms with E-state index in [4.69, 9.17) is 4.74 Å². The van der Waals surface area contributed by atoms with Gasteiger partial charge < -0.3 is 9.64 Å². The molecule has 28 heavy (non-hydrogen) atoms. The van der Waals surface area contributed by atoms with Crippen LogP contribution in [0.1, 0.15) is 41.3 Å². The van der Waals surface area contributed by atoms with Gasteiger partial charge in [-0.1, -0.05) is 42.0 Å². The molecule has 2 aliphatic heterocycles. The first-order chi connectivity index (χ1) is 13.5. The molecule has 6 nitrogen and oxygen atoms in total. The number of carbonyl (C=O) groups is 3.